The van der Waals surface area contributed by atoms with Crippen LogP contribution in [0.4, 0.5) is 0 Å². The third-order valence-corrected chi connectivity index (χ3v) is 7.34. The van der Waals surface area contributed by atoms with Gasteiger partial charge in [0, 0.05) is 28.1 Å². The first-order chi connectivity index (χ1) is 14.5. The summed E-state index contributed by atoms with van der Waals surface area (Å²) in [6.07, 6.45) is 6.65. The summed E-state index contributed by atoms with van der Waals surface area (Å²) in [6.45, 7) is 4.59. The minimum atomic E-state index is 0.0460. The summed E-state index contributed by atoms with van der Waals surface area (Å²) in [6, 6.07) is 12.4. The second-order valence-corrected chi connectivity index (χ2v) is 9.53. The number of halogens is 2. The second kappa shape index (κ2) is 9.72. The molecule has 30 heavy (non-hydrogen) atoms. The molecule has 5 heteroatoms. The van der Waals surface area contributed by atoms with Gasteiger partial charge in [-0.05, 0) is 87.4 Å². The average molecular weight is 445 g/mol. The molecule has 0 bridgehead atoms. The van der Waals surface area contributed by atoms with Gasteiger partial charge in [0.05, 0.1) is 6.04 Å². The van der Waals surface area contributed by atoms with E-state index in [0.717, 1.165) is 44.5 Å². The molecule has 1 heterocycles. The third kappa shape index (κ3) is 5.01. The van der Waals surface area contributed by atoms with Crippen molar-refractivity contribution in [2.45, 2.75) is 58.0 Å². The van der Waals surface area contributed by atoms with Crippen molar-refractivity contribution in [1.29, 1.82) is 0 Å². The number of piperidine rings is 1. The van der Waals surface area contributed by atoms with Gasteiger partial charge < -0.3 is 5.32 Å². The number of benzene rings is 2. The van der Waals surface area contributed by atoms with Crippen molar-refractivity contribution < 1.29 is 4.79 Å². The minimum absolute atomic E-state index is 0.0460. The van der Waals surface area contributed by atoms with E-state index in [0.29, 0.717) is 10.0 Å². The molecule has 4 rings (SSSR count). The van der Waals surface area contributed by atoms with Gasteiger partial charge in [0.15, 0.2) is 0 Å². The van der Waals surface area contributed by atoms with Crippen LogP contribution in [-0.2, 0) is 24.2 Å². The number of nitrogens with one attached hydrogen (secondary N) is 1. The fourth-order valence-corrected chi connectivity index (χ4v) is 5.21. The Hall–Kier alpha value is -1.55. The quantitative estimate of drug-likeness (QED) is 0.616. The molecule has 1 amide bonds. The van der Waals surface area contributed by atoms with Gasteiger partial charge in [0.1, 0.15) is 0 Å². The normalized spacial score (nSPS) is 18.6. The zero-order valence-corrected chi connectivity index (χ0v) is 19.1. The van der Waals surface area contributed by atoms with Crippen LogP contribution in [-0.4, -0.2) is 23.9 Å². The van der Waals surface area contributed by atoms with Crippen molar-refractivity contribution in [3.8, 4) is 0 Å². The SMILES string of the molecule is C[C@H](NC(=O)C1CCN(Cc2c(Cl)cccc2Cl)CC1)c1ccc2c(c1)CCCC2. The predicted octanol–water partition coefficient (Wildman–Crippen LogP) is 5.96. The zero-order valence-electron chi connectivity index (χ0n) is 17.6. The molecule has 0 unspecified atom stereocenters. The number of amides is 1. The molecule has 0 spiro atoms. The van der Waals surface area contributed by atoms with Crippen molar-refractivity contribution >= 4 is 29.1 Å². The van der Waals surface area contributed by atoms with E-state index in [1.807, 2.05) is 18.2 Å². The first-order valence-corrected chi connectivity index (χ1v) is 11.8. The van der Waals surface area contributed by atoms with Gasteiger partial charge in [-0.15, -0.1) is 0 Å². The number of carbonyl (C=O) groups excluding carboxylic acids is 1. The van der Waals surface area contributed by atoms with Gasteiger partial charge in [0.25, 0.3) is 0 Å². The molecule has 1 N–H and O–H groups in total. The van der Waals surface area contributed by atoms with Crippen LogP contribution in [0.3, 0.4) is 0 Å². The van der Waals surface area contributed by atoms with E-state index in [1.165, 1.54) is 36.0 Å². The standard InChI is InChI=1S/C25H30Cl2N2O/c1-17(20-10-9-18-5-2-3-6-21(18)15-20)28-25(30)19-11-13-29(14-12-19)16-22-23(26)7-4-8-24(22)27/h4,7-10,15,17,19H,2-3,5-6,11-14,16H2,1H3,(H,28,30)/t17-/m0/s1. The summed E-state index contributed by atoms with van der Waals surface area (Å²) in [5.41, 5.74) is 5.14. The minimum Gasteiger partial charge on any atom is -0.349 e. The number of likely N-dealkylation sites (tertiary alicyclic amines) is 1. The number of aryl methyl sites for hydroxylation is 2. The van der Waals surface area contributed by atoms with Crippen molar-refractivity contribution in [2.24, 2.45) is 5.92 Å². The van der Waals surface area contributed by atoms with Crippen LogP contribution in [0, 0.1) is 5.92 Å². The topological polar surface area (TPSA) is 32.3 Å². The Bertz CT molecular complexity index is 886. The van der Waals surface area contributed by atoms with Crippen molar-refractivity contribution in [1.82, 2.24) is 10.2 Å². The number of rotatable bonds is 5. The van der Waals surface area contributed by atoms with E-state index in [4.69, 9.17) is 23.2 Å². The van der Waals surface area contributed by atoms with Gasteiger partial charge in [-0.2, -0.15) is 0 Å². The molecular weight excluding hydrogens is 415 g/mol. The van der Waals surface area contributed by atoms with Crippen molar-refractivity contribution in [3.63, 3.8) is 0 Å². The lowest BCUT2D eigenvalue weighted by Gasteiger charge is -2.32. The van der Waals surface area contributed by atoms with Gasteiger partial charge in [-0.25, -0.2) is 0 Å². The van der Waals surface area contributed by atoms with Crippen molar-refractivity contribution in [3.05, 3.63) is 68.7 Å². The van der Waals surface area contributed by atoms with Crippen LogP contribution in [0.2, 0.25) is 10.0 Å². The highest BCUT2D eigenvalue weighted by Crippen LogP contribution is 2.29. The maximum Gasteiger partial charge on any atom is 0.223 e. The smallest absolute Gasteiger partial charge is 0.223 e. The molecule has 2 aromatic carbocycles. The summed E-state index contributed by atoms with van der Waals surface area (Å²) >= 11 is 12.6. The Morgan fingerprint density at radius 3 is 2.43 bits per heavy atom. The van der Waals surface area contributed by atoms with E-state index >= 15 is 0 Å². The largest absolute Gasteiger partial charge is 0.349 e. The monoisotopic (exact) mass is 444 g/mol. The van der Waals surface area contributed by atoms with Gasteiger partial charge in [0.2, 0.25) is 5.91 Å². The van der Waals surface area contributed by atoms with Crippen molar-refractivity contribution in [2.75, 3.05) is 13.1 Å². The molecule has 0 radical (unpaired) electrons. The van der Waals surface area contributed by atoms with Gasteiger partial charge in [-0.1, -0.05) is 47.5 Å². The number of carbonyl (C=O) groups is 1. The summed E-state index contributed by atoms with van der Waals surface area (Å²) in [7, 11) is 0. The molecule has 1 saturated heterocycles. The molecule has 1 aliphatic heterocycles. The summed E-state index contributed by atoms with van der Waals surface area (Å²) in [5.74, 6) is 0.249. The number of fused-ring (bicyclic) bond motifs is 1. The van der Waals surface area contributed by atoms with Gasteiger partial charge >= 0.3 is 0 Å². The maximum atomic E-state index is 12.9. The van der Waals surface area contributed by atoms with Crippen LogP contribution >= 0.6 is 23.2 Å². The zero-order chi connectivity index (χ0) is 21.1. The fraction of sp³-hybridized carbons (Fsp3) is 0.480. The predicted molar refractivity (Wildman–Crippen MR) is 124 cm³/mol. The molecule has 0 aromatic heterocycles. The fourth-order valence-electron chi connectivity index (χ4n) is 4.70. The Balaban J connectivity index is 1.30. The van der Waals surface area contributed by atoms with Crippen LogP contribution < -0.4 is 5.32 Å². The molecular formula is C25H30Cl2N2O. The number of hydrogen-bond acceptors (Lipinski definition) is 2. The molecule has 3 nitrogen and oxygen atoms in total. The molecule has 1 aliphatic carbocycles. The molecule has 1 fully saturated rings. The van der Waals surface area contributed by atoms with Crippen LogP contribution in [0.15, 0.2) is 36.4 Å². The first-order valence-electron chi connectivity index (χ1n) is 11.1. The third-order valence-electron chi connectivity index (χ3n) is 6.63. The molecule has 0 saturated carbocycles. The average Bonchev–Trinajstić information content (AvgIpc) is 2.76. The Labute approximate surface area is 189 Å². The van der Waals surface area contributed by atoms with Crippen LogP contribution in [0.1, 0.15) is 60.9 Å². The van der Waals surface area contributed by atoms with E-state index < -0.39 is 0 Å². The van der Waals surface area contributed by atoms with E-state index in [2.05, 4.69) is 35.3 Å². The van der Waals surface area contributed by atoms with E-state index in [9.17, 15) is 4.79 Å². The lowest BCUT2D eigenvalue weighted by atomic mass is 9.89. The van der Waals surface area contributed by atoms with Crippen LogP contribution in [0.25, 0.3) is 0 Å². The Morgan fingerprint density at radius 1 is 1.07 bits per heavy atom. The second-order valence-electron chi connectivity index (χ2n) is 8.72. The van der Waals surface area contributed by atoms with Crippen LogP contribution in [0.5, 0.6) is 0 Å². The number of hydrogen-bond donors (Lipinski definition) is 1. The first kappa shape index (κ1) is 21.7. The summed E-state index contributed by atoms with van der Waals surface area (Å²) in [5, 5.41) is 4.67. The summed E-state index contributed by atoms with van der Waals surface area (Å²) in [4.78, 5) is 15.2. The van der Waals surface area contributed by atoms with E-state index in [-0.39, 0.29) is 17.9 Å². The number of nitrogens with zero attached hydrogens (tertiary/aromatic N) is 1. The Morgan fingerprint density at radius 2 is 1.73 bits per heavy atom. The molecule has 160 valence electrons. The Kier molecular flexibility index (Phi) is 7.02. The molecule has 1 atom stereocenters. The molecule has 2 aromatic rings. The summed E-state index contributed by atoms with van der Waals surface area (Å²) < 4.78 is 0. The lowest BCUT2D eigenvalue weighted by Crippen LogP contribution is -2.41. The highest BCUT2D eigenvalue weighted by Gasteiger charge is 2.27. The highest BCUT2D eigenvalue weighted by molar-refractivity contribution is 6.35. The molecule has 2 aliphatic rings. The highest BCUT2D eigenvalue weighted by atomic mass is 35.5. The van der Waals surface area contributed by atoms with Gasteiger partial charge in [-0.3, -0.25) is 9.69 Å². The van der Waals surface area contributed by atoms with E-state index in [1.54, 1.807) is 0 Å². The maximum absolute atomic E-state index is 12.9. The lowest BCUT2D eigenvalue weighted by molar-refractivity contribution is -0.127.